The van der Waals surface area contributed by atoms with E-state index in [0.29, 0.717) is 5.56 Å². The summed E-state index contributed by atoms with van der Waals surface area (Å²) in [7, 11) is 1.60. The fraction of sp³-hybridized carbons (Fsp3) is 0.235. The third kappa shape index (κ3) is 4.07. The Hall–Kier alpha value is -2.96. The molecule has 7 heteroatoms. The highest BCUT2D eigenvalue weighted by Gasteiger charge is 2.22. The smallest absolute Gasteiger partial charge is 0.355 e. The lowest BCUT2D eigenvalue weighted by Crippen LogP contribution is -2.30. The monoisotopic (exact) mass is 332 g/mol. The number of amides is 1. The van der Waals surface area contributed by atoms with Gasteiger partial charge in [0.2, 0.25) is 0 Å². The zero-order chi connectivity index (χ0) is 17.9. The fourth-order valence-corrected chi connectivity index (χ4v) is 2.04. The number of hydrogen-bond donors (Lipinski definition) is 1. The summed E-state index contributed by atoms with van der Waals surface area (Å²) in [4.78, 5) is 35.5. The highest BCUT2D eigenvalue weighted by molar-refractivity contribution is 5.99. The Labute approximate surface area is 138 Å². The van der Waals surface area contributed by atoms with Gasteiger partial charge in [-0.3, -0.25) is 9.59 Å². The van der Waals surface area contributed by atoms with Gasteiger partial charge in [0.05, 0.1) is 0 Å². The number of benzene rings is 1. The van der Waals surface area contributed by atoms with Gasteiger partial charge in [-0.1, -0.05) is 6.07 Å². The molecule has 0 aliphatic heterocycles. The summed E-state index contributed by atoms with van der Waals surface area (Å²) in [6.07, 6.45) is 0.424. The number of nitrogens with zero attached hydrogens (tertiary/aromatic N) is 1. The van der Waals surface area contributed by atoms with Crippen LogP contribution in [-0.4, -0.2) is 28.3 Å². The van der Waals surface area contributed by atoms with Crippen LogP contribution < -0.4 is 5.32 Å². The molecule has 0 aliphatic rings. The molecule has 0 fully saturated rings. The van der Waals surface area contributed by atoms with Crippen LogP contribution in [0.2, 0.25) is 0 Å². The number of aromatic nitrogens is 1. The largest absolute Gasteiger partial charge is 0.448 e. The SMILES string of the molecule is CC(=O)c1cc(C(=O)O[C@H](C)C(=O)Nc2cccc(F)c2)n(C)c1. The minimum absolute atomic E-state index is 0.158. The van der Waals surface area contributed by atoms with Gasteiger partial charge in [-0.15, -0.1) is 0 Å². The lowest BCUT2D eigenvalue weighted by Gasteiger charge is -2.13. The van der Waals surface area contributed by atoms with Gasteiger partial charge in [0.25, 0.3) is 5.91 Å². The minimum Gasteiger partial charge on any atom is -0.448 e. The van der Waals surface area contributed by atoms with Gasteiger partial charge in [0.15, 0.2) is 11.9 Å². The second-order valence-corrected chi connectivity index (χ2v) is 5.33. The van der Waals surface area contributed by atoms with Crippen LogP contribution in [-0.2, 0) is 16.6 Å². The Morgan fingerprint density at radius 3 is 2.54 bits per heavy atom. The van der Waals surface area contributed by atoms with Crippen molar-refractivity contribution in [1.82, 2.24) is 4.57 Å². The normalized spacial score (nSPS) is 11.7. The predicted molar refractivity (Wildman–Crippen MR) is 85.3 cm³/mol. The van der Waals surface area contributed by atoms with Gasteiger partial charge >= 0.3 is 5.97 Å². The molecular formula is C17H17FN2O4. The summed E-state index contributed by atoms with van der Waals surface area (Å²) in [5.41, 5.74) is 0.799. The molecule has 2 aromatic rings. The van der Waals surface area contributed by atoms with Crippen molar-refractivity contribution in [1.29, 1.82) is 0 Å². The number of ketones is 1. The number of Topliss-reactive ketones (excluding diaryl/α,β-unsaturated/α-hetero) is 1. The number of aryl methyl sites for hydroxylation is 1. The van der Waals surface area contributed by atoms with Crippen LogP contribution in [0.4, 0.5) is 10.1 Å². The molecule has 1 aromatic heterocycles. The van der Waals surface area contributed by atoms with E-state index in [2.05, 4.69) is 5.32 Å². The van der Waals surface area contributed by atoms with Gasteiger partial charge in [-0.05, 0) is 38.1 Å². The number of halogens is 1. The predicted octanol–water partition coefficient (Wildman–Crippen LogP) is 2.55. The molecule has 1 N–H and O–H groups in total. The Kier molecular flexibility index (Phi) is 5.13. The van der Waals surface area contributed by atoms with Gasteiger partial charge in [0, 0.05) is 24.5 Å². The van der Waals surface area contributed by atoms with E-state index < -0.39 is 23.8 Å². The van der Waals surface area contributed by atoms with Crippen molar-refractivity contribution in [2.24, 2.45) is 7.05 Å². The van der Waals surface area contributed by atoms with E-state index in [9.17, 15) is 18.8 Å². The minimum atomic E-state index is -1.09. The van der Waals surface area contributed by atoms with Gasteiger partial charge < -0.3 is 14.6 Å². The average Bonchev–Trinajstić information content (AvgIpc) is 2.89. The summed E-state index contributed by atoms with van der Waals surface area (Å²) in [6, 6.07) is 6.78. The van der Waals surface area contributed by atoms with Crippen LogP contribution in [0.1, 0.15) is 34.7 Å². The molecule has 6 nitrogen and oxygen atoms in total. The number of ether oxygens (including phenoxy) is 1. The van der Waals surface area contributed by atoms with E-state index in [1.165, 1.54) is 48.9 Å². The van der Waals surface area contributed by atoms with Crippen LogP contribution in [0, 0.1) is 5.82 Å². The molecule has 0 unspecified atom stereocenters. The lowest BCUT2D eigenvalue weighted by atomic mass is 10.2. The molecule has 1 amide bonds. The summed E-state index contributed by atoms with van der Waals surface area (Å²) >= 11 is 0. The molecule has 24 heavy (non-hydrogen) atoms. The number of carbonyl (C=O) groups excluding carboxylic acids is 3. The molecule has 126 valence electrons. The van der Waals surface area contributed by atoms with E-state index >= 15 is 0 Å². The number of nitrogens with one attached hydrogen (secondary N) is 1. The van der Waals surface area contributed by atoms with Crippen LogP contribution in [0.3, 0.4) is 0 Å². The third-order valence-corrected chi connectivity index (χ3v) is 3.37. The number of carbonyl (C=O) groups is 3. The molecule has 0 bridgehead atoms. The second kappa shape index (κ2) is 7.08. The van der Waals surface area contributed by atoms with Crippen molar-refractivity contribution in [2.45, 2.75) is 20.0 Å². The van der Waals surface area contributed by atoms with Gasteiger partial charge in [0.1, 0.15) is 11.5 Å². The Balaban J connectivity index is 2.03. The standard InChI is InChI=1S/C17H17FN2O4/c1-10(21)12-7-15(20(3)9-12)17(23)24-11(2)16(22)19-14-6-4-5-13(18)8-14/h4-9,11H,1-3H3,(H,19,22)/t11-/m1/s1. The molecule has 0 radical (unpaired) electrons. The maximum atomic E-state index is 13.1. The molecule has 1 aromatic carbocycles. The molecule has 0 aliphatic carbocycles. The van der Waals surface area contributed by atoms with Crippen molar-refractivity contribution in [2.75, 3.05) is 5.32 Å². The molecular weight excluding hydrogens is 315 g/mol. The number of rotatable bonds is 5. The average molecular weight is 332 g/mol. The zero-order valence-corrected chi connectivity index (χ0v) is 13.5. The Morgan fingerprint density at radius 2 is 1.96 bits per heavy atom. The molecule has 2 rings (SSSR count). The maximum absolute atomic E-state index is 13.1. The highest BCUT2D eigenvalue weighted by atomic mass is 19.1. The molecule has 0 saturated heterocycles. The molecule has 0 spiro atoms. The van der Waals surface area contributed by atoms with Crippen molar-refractivity contribution in [3.63, 3.8) is 0 Å². The first kappa shape index (κ1) is 17.4. The third-order valence-electron chi connectivity index (χ3n) is 3.37. The second-order valence-electron chi connectivity index (χ2n) is 5.33. The van der Waals surface area contributed by atoms with Crippen molar-refractivity contribution in [3.05, 3.63) is 53.6 Å². The van der Waals surface area contributed by atoms with E-state index in [4.69, 9.17) is 4.74 Å². The summed E-state index contributed by atoms with van der Waals surface area (Å²) in [5.74, 6) is -1.98. The van der Waals surface area contributed by atoms with Crippen LogP contribution >= 0.6 is 0 Å². The maximum Gasteiger partial charge on any atom is 0.355 e. The summed E-state index contributed by atoms with van der Waals surface area (Å²) in [6.45, 7) is 2.79. The fourth-order valence-electron chi connectivity index (χ4n) is 2.04. The summed E-state index contributed by atoms with van der Waals surface area (Å²) < 4.78 is 19.6. The Bertz CT molecular complexity index is 798. The number of esters is 1. The van der Waals surface area contributed by atoms with E-state index in [-0.39, 0.29) is 17.2 Å². The molecule has 1 atom stereocenters. The van der Waals surface area contributed by atoms with Crippen LogP contribution in [0.15, 0.2) is 36.5 Å². The number of hydrogen-bond acceptors (Lipinski definition) is 4. The first-order chi connectivity index (χ1) is 11.3. The number of anilines is 1. The van der Waals surface area contributed by atoms with E-state index in [1.807, 2.05) is 0 Å². The van der Waals surface area contributed by atoms with Crippen molar-refractivity contribution < 1.29 is 23.5 Å². The van der Waals surface area contributed by atoms with Crippen molar-refractivity contribution in [3.8, 4) is 0 Å². The van der Waals surface area contributed by atoms with E-state index in [1.54, 1.807) is 7.05 Å². The molecule has 1 heterocycles. The van der Waals surface area contributed by atoms with Crippen molar-refractivity contribution >= 4 is 23.3 Å². The first-order valence-electron chi connectivity index (χ1n) is 7.22. The highest BCUT2D eigenvalue weighted by Crippen LogP contribution is 2.13. The van der Waals surface area contributed by atoms with E-state index in [0.717, 1.165) is 6.07 Å². The molecule has 0 saturated carbocycles. The van der Waals surface area contributed by atoms with Crippen LogP contribution in [0.25, 0.3) is 0 Å². The summed E-state index contributed by atoms with van der Waals surface area (Å²) in [5, 5.41) is 2.46. The first-order valence-corrected chi connectivity index (χ1v) is 7.22. The lowest BCUT2D eigenvalue weighted by molar-refractivity contribution is -0.123. The van der Waals surface area contributed by atoms with Gasteiger partial charge in [-0.2, -0.15) is 0 Å². The quantitative estimate of drug-likeness (QED) is 0.674. The van der Waals surface area contributed by atoms with Gasteiger partial charge in [-0.25, -0.2) is 9.18 Å². The zero-order valence-electron chi connectivity index (χ0n) is 13.5. The topological polar surface area (TPSA) is 77.4 Å². The Morgan fingerprint density at radius 1 is 1.25 bits per heavy atom. The van der Waals surface area contributed by atoms with Crippen LogP contribution in [0.5, 0.6) is 0 Å².